The summed E-state index contributed by atoms with van der Waals surface area (Å²) in [6.45, 7) is 0. The third-order valence-corrected chi connectivity index (χ3v) is 3.17. The average Bonchev–Trinajstić information content (AvgIpc) is 2.40. The van der Waals surface area contributed by atoms with Crippen LogP contribution >= 0.6 is 22.6 Å². The van der Waals surface area contributed by atoms with Crippen molar-refractivity contribution < 1.29 is 9.59 Å². The van der Waals surface area contributed by atoms with Gasteiger partial charge in [-0.2, -0.15) is 0 Å². The minimum atomic E-state index is -0.624. The Hall–Kier alpha value is -2.09. The monoisotopic (exact) mass is 381 g/mol. The molecule has 0 aliphatic rings. The molecule has 2 rings (SSSR count). The SMILES string of the molecule is NC(=O)Nc1ccc(NC(=O)c2cccc(I)c2)cc1. The van der Waals surface area contributed by atoms with Crippen LogP contribution in [0.15, 0.2) is 48.5 Å². The fraction of sp³-hybridized carbons (Fsp3) is 0. The van der Waals surface area contributed by atoms with Gasteiger partial charge in [0.25, 0.3) is 5.91 Å². The minimum absolute atomic E-state index is 0.181. The number of benzene rings is 2. The highest BCUT2D eigenvalue weighted by Crippen LogP contribution is 2.15. The van der Waals surface area contributed by atoms with Crippen LogP contribution in [0.1, 0.15) is 10.4 Å². The molecule has 0 fully saturated rings. The largest absolute Gasteiger partial charge is 0.351 e. The molecule has 0 heterocycles. The predicted octanol–water partition coefficient (Wildman–Crippen LogP) is 3.03. The number of carbonyl (C=O) groups is 2. The van der Waals surface area contributed by atoms with Crippen molar-refractivity contribution in [1.82, 2.24) is 0 Å². The Kier molecular flexibility index (Phi) is 4.57. The van der Waals surface area contributed by atoms with Crippen molar-refractivity contribution in [2.75, 3.05) is 10.6 Å². The van der Waals surface area contributed by atoms with Gasteiger partial charge in [0.1, 0.15) is 0 Å². The molecule has 0 saturated heterocycles. The lowest BCUT2D eigenvalue weighted by Crippen LogP contribution is -2.19. The van der Waals surface area contributed by atoms with E-state index in [9.17, 15) is 9.59 Å². The molecule has 2 aromatic carbocycles. The van der Waals surface area contributed by atoms with Gasteiger partial charge in [0.15, 0.2) is 0 Å². The van der Waals surface area contributed by atoms with Crippen molar-refractivity contribution in [3.63, 3.8) is 0 Å². The van der Waals surface area contributed by atoms with E-state index < -0.39 is 6.03 Å². The van der Waals surface area contributed by atoms with E-state index in [4.69, 9.17) is 5.73 Å². The zero-order chi connectivity index (χ0) is 14.5. The predicted molar refractivity (Wildman–Crippen MR) is 86.8 cm³/mol. The van der Waals surface area contributed by atoms with E-state index in [1.807, 2.05) is 12.1 Å². The summed E-state index contributed by atoms with van der Waals surface area (Å²) in [7, 11) is 0. The van der Waals surface area contributed by atoms with Crippen LogP contribution in [0, 0.1) is 3.57 Å². The zero-order valence-corrected chi connectivity index (χ0v) is 12.5. The van der Waals surface area contributed by atoms with Crippen molar-refractivity contribution in [3.05, 3.63) is 57.7 Å². The second kappa shape index (κ2) is 6.38. The maximum atomic E-state index is 12.0. The normalized spacial score (nSPS) is 9.85. The molecule has 3 amide bonds. The smallest absolute Gasteiger partial charge is 0.316 e. The molecule has 0 aliphatic carbocycles. The summed E-state index contributed by atoms with van der Waals surface area (Å²) in [5, 5.41) is 5.23. The van der Waals surface area contributed by atoms with Crippen LogP contribution in [0.2, 0.25) is 0 Å². The Morgan fingerprint density at radius 3 is 2.10 bits per heavy atom. The van der Waals surface area contributed by atoms with Gasteiger partial charge in [-0.1, -0.05) is 6.07 Å². The molecule has 2 aromatic rings. The third-order valence-electron chi connectivity index (χ3n) is 2.50. The number of urea groups is 1. The second-order valence-corrected chi connectivity index (χ2v) is 5.28. The minimum Gasteiger partial charge on any atom is -0.351 e. The first-order valence-electron chi connectivity index (χ1n) is 5.78. The van der Waals surface area contributed by atoms with Crippen LogP contribution in [0.25, 0.3) is 0 Å². The van der Waals surface area contributed by atoms with E-state index in [1.165, 1.54) is 0 Å². The summed E-state index contributed by atoms with van der Waals surface area (Å²) in [4.78, 5) is 22.7. The molecule has 20 heavy (non-hydrogen) atoms. The Morgan fingerprint density at radius 2 is 1.55 bits per heavy atom. The van der Waals surface area contributed by atoms with Gasteiger partial charge in [-0.3, -0.25) is 4.79 Å². The summed E-state index contributed by atoms with van der Waals surface area (Å²) in [5.41, 5.74) is 6.82. The molecule has 0 spiro atoms. The van der Waals surface area contributed by atoms with Crippen molar-refractivity contribution in [1.29, 1.82) is 0 Å². The summed E-state index contributed by atoms with van der Waals surface area (Å²) in [6.07, 6.45) is 0. The number of nitrogens with one attached hydrogen (secondary N) is 2. The molecule has 102 valence electrons. The molecule has 6 heteroatoms. The first-order valence-corrected chi connectivity index (χ1v) is 6.86. The summed E-state index contributed by atoms with van der Waals surface area (Å²) >= 11 is 2.15. The number of nitrogens with two attached hydrogens (primary N) is 1. The fourth-order valence-electron chi connectivity index (χ4n) is 1.61. The number of carbonyl (C=O) groups excluding carboxylic acids is 2. The van der Waals surface area contributed by atoms with Crippen LogP contribution in [0.3, 0.4) is 0 Å². The molecule has 0 atom stereocenters. The van der Waals surface area contributed by atoms with Crippen molar-refractivity contribution in [3.8, 4) is 0 Å². The molecule has 0 saturated carbocycles. The van der Waals surface area contributed by atoms with Crippen LogP contribution < -0.4 is 16.4 Å². The number of hydrogen-bond donors (Lipinski definition) is 3. The lowest BCUT2D eigenvalue weighted by atomic mass is 10.2. The standard InChI is InChI=1S/C14H12IN3O2/c15-10-3-1-2-9(8-10)13(19)17-11-4-6-12(7-5-11)18-14(16)20/h1-8H,(H,17,19)(H3,16,18,20). The van der Waals surface area contributed by atoms with Crippen molar-refractivity contribution in [2.45, 2.75) is 0 Å². The first kappa shape index (κ1) is 14.3. The number of hydrogen-bond acceptors (Lipinski definition) is 2. The summed E-state index contributed by atoms with van der Waals surface area (Å²) in [6, 6.07) is 13.4. The molecule has 0 bridgehead atoms. The van der Waals surface area contributed by atoms with E-state index in [1.54, 1.807) is 36.4 Å². The third kappa shape index (κ3) is 3.95. The van der Waals surface area contributed by atoms with E-state index in [2.05, 4.69) is 33.2 Å². The van der Waals surface area contributed by atoms with E-state index in [0.29, 0.717) is 16.9 Å². The van der Waals surface area contributed by atoms with Gasteiger partial charge in [0, 0.05) is 20.5 Å². The maximum Gasteiger partial charge on any atom is 0.316 e. The number of halogens is 1. The van der Waals surface area contributed by atoms with Gasteiger partial charge in [0.2, 0.25) is 0 Å². The van der Waals surface area contributed by atoms with Crippen molar-refractivity contribution >= 4 is 45.9 Å². The molecular formula is C14H12IN3O2. The Bertz CT molecular complexity index is 641. The van der Waals surface area contributed by atoms with E-state index in [0.717, 1.165) is 3.57 Å². The molecule has 4 N–H and O–H groups in total. The van der Waals surface area contributed by atoms with Gasteiger partial charge in [-0.05, 0) is 65.1 Å². The van der Waals surface area contributed by atoms with Crippen LogP contribution in [0.5, 0.6) is 0 Å². The Labute approximate surface area is 129 Å². The average molecular weight is 381 g/mol. The van der Waals surface area contributed by atoms with Gasteiger partial charge >= 0.3 is 6.03 Å². The molecule has 5 nitrogen and oxygen atoms in total. The van der Waals surface area contributed by atoms with Gasteiger partial charge < -0.3 is 16.4 Å². The molecule has 0 aliphatic heterocycles. The van der Waals surface area contributed by atoms with Gasteiger partial charge in [-0.15, -0.1) is 0 Å². The first-order chi connectivity index (χ1) is 9.54. The lowest BCUT2D eigenvalue weighted by molar-refractivity contribution is 0.102. The summed E-state index contributed by atoms with van der Waals surface area (Å²) < 4.78 is 0.997. The van der Waals surface area contributed by atoms with Crippen LogP contribution in [-0.2, 0) is 0 Å². The number of primary amides is 1. The van der Waals surface area contributed by atoms with Crippen molar-refractivity contribution in [2.24, 2.45) is 5.73 Å². The molecule has 0 aromatic heterocycles. The number of amides is 3. The van der Waals surface area contributed by atoms with Crippen LogP contribution in [-0.4, -0.2) is 11.9 Å². The second-order valence-electron chi connectivity index (χ2n) is 4.03. The number of rotatable bonds is 3. The fourth-order valence-corrected chi connectivity index (χ4v) is 2.16. The quantitative estimate of drug-likeness (QED) is 0.715. The highest BCUT2D eigenvalue weighted by atomic mass is 127. The van der Waals surface area contributed by atoms with E-state index >= 15 is 0 Å². The summed E-state index contributed by atoms with van der Waals surface area (Å²) in [5.74, 6) is -0.181. The highest BCUT2D eigenvalue weighted by Gasteiger charge is 2.06. The van der Waals surface area contributed by atoms with Gasteiger partial charge in [-0.25, -0.2) is 4.79 Å². The maximum absolute atomic E-state index is 12.0. The number of anilines is 2. The van der Waals surface area contributed by atoms with E-state index in [-0.39, 0.29) is 5.91 Å². The van der Waals surface area contributed by atoms with Gasteiger partial charge in [0.05, 0.1) is 0 Å². The topological polar surface area (TPSA) is 84.2 Å². The van der Waals surface area contributed by atoms with Crippen LogP contribution in [0.4, 0.5) is 16.2 Å². The lowest BCUT2D eigenvalue weighted by Gasteiger charge is -2.07. The molecule has 0 unspecified atom stereocenters. The Morgan fingerprint density at radius 1 is 0.950 bits per heavy atom. The molecule has 0 radical (unpaired) electrons. The Balaban J connectivity index is 2.06. The zero-order valence-electron chi connectivity index (χ0n) is 10.4. The molecular weight excluding hydrogens is 369 g/mol. The highest BCUT2D eigenvalue weighted by molar-refractivity contribution is 14.1.